The Morgan fingerprint density at radius 2 is 2.17 bits per heavy atom. The second-order valence-corrected chi connectivity index (χ2v) is 5.07. The lowest BCUT2D eigenvalue weighted by molar-refractivity contribution is -0.118. The van der Waals surface area contributed by atoms with Gasteiger partial charge in [-0.2, -0.15) is 0 Å². The standard InChI is InChI=1S/C16H20N4O3.ClH/c1-3-11-8-14(21)20-15(18-11)10-5-4-6-12(7-10)19-16(22)13(17)9-23-2;/h4-8,13H,3,9,17H2,1-2H3,(H,19,22)(H,18,20,21);1H. The van der Waals surface area contributed by atoms with E-state index in [1.807, 2.05) is 13.0 Å². The van der Waals surface area contributed by atoms with Crippen molar-refractivity contribution in [3.63, 3.8) is 0 Å². The van der Waals surface area contributed by atoms with Crippen LogP contribution in [0.4, 0.5) is 5.69 Å². The summed E-state index contributed by atoms with van der Waals surface area (Å²) in [5.74, 6) is 0.124. The first-order chi connectivity index (χ1) is 11.0. The van der Waals surface area contributed by atoms with Gasteiger partial charge in [-0.15, -0.1) is 12.4 Å². The summed E-state index contributed by atoms with van der Waals surface area (Å²) in [6.07, 6.45) is 0.666. The predicted octanol–water partition coefficient (Wildman–Crippen LogP) is 1.33. The molecule has 2 rings (SSSR count). The summed E-state index contributed by atoms with van der Waals surface area (Å²) in [6.45, 7) is 2.07. The van der Waals surface area contributed by atoms with Crippen molar-refractivity contribution < 1.29 is 9.53 Å². The molecule has 0 saturated heterocycles. The number of halogens is 1. The van der Waals surface area contributed by atoms with Crippen molar-refractivity contribution in [2.24, 2.45) is 5.73 Å². The highest BCUT2D eigenvalue weighted by molar-refractivity contribution is 5.95. The van der Waals surface area contributed by atoms with E-state index in [0.717, 1.165) is 0 Å². The maximum absolute atomic E-state index is 11.9. The Kier molecular flexibility index (Phi) is 7.57. The highest BCUT2D eigenvalue weighted by Gasteiger charge is 2.13. The fourth-order valence-corrected chi connectivity index (χ4v) is 2.06. The van der Waals surface area contributed by atoms with Crippen molar-refractivity contribution in [2.45, 2.75) is 19.4 Å². The third kappa shape index (κ3) is 5.16. The van der Waals surface area contributed by atoms with Gasteiger partial charge in [-0.25, -0.2) is 4.98 Å². The van der Waals surface area contributed by atoms with Crippen molar-refractivity contribution in [3.8, 4) is 11.4 Å². The first kappa shape index (κ1) is 19.8. The molecule has 1 amide bonds. The third-order valence-corrected chi connectivity index (χ3v) is 3.24. The molecule has 130 valence electrons. The van der Waals surface area contributed by atoms with Gasteiger partial charge in [0.15, 0.2) is 0 Å². The Hall–Kier alpha value is -2.22. The second kappa shape index (κ2) is 9.17. The van der Waals surface area contributed by atoms with Crippen LogP contribution in [0.15, 0.2) is 35.1 Å². The lowest BCUT2D eigenvalue weighted by Crippen LogP contribution is -2.39. The zero-order chi connectivity index (χ0) is 16.8. The normalized spacial score (nSPS) is 11.5. The summed E-state index contributed by atoms with van der Waals surface area (Å²) >= 11 is 0. The van der Waals surface area contributed by atoms with Crippen LogP contribution in [0.2, 0.25) is 0 Å². The number of H-pyrrole nitrogens is 1. The lowest BCUT2D eigenvalue weighted by Gasteiger charge is -2.12. The van der Waals surface area contributed by atoms with Crippen molar-refractivity contribution in [2.75, 3.05) is 19.0 Å². The average molecular weight is 353 g/mol. The molecule has 2 aromatic rings. The number of benzene rings is 1. The molecule has 8 heteroatoms. The number of aryl methyl sites for hydroxylation is 1. The minimum absolute atomic E-state index is 0. The summed E-state index contributed by atoms with van der Waals surface area (Å²) in [6, 6.07) is 7.77. The molecule has 4 N–H and O–H groups in total. The average Bonchev–Trinajstić information content (AvgIpc) is 2.54. The fourth-order valence-electron chi connectivity index (χ4n) is 2.06. The number of hydrogen-bond donors (Lipinski definition) is 3. The van der Waals surface area contributed by atoms with E-state index < -0.39 is 6.04 Å². The first-order valence-corrected chi connectivity index (χ1v) is 7.29. The van der Waals surface area contributed by atoms with Crippen LogP contribution >= 0.6 is 12.4 Å². The molecule has 1 aromatic carbocycles. The van der Waals surface area contributed by atoms with Crippen molar-refractivity contribution >= 4 is 24.0 Å². The largest absolute Gasteiger partial charge is 0.383 e. The SMILES string of the molecule is CCc1cc(=O)[nH]c(-c2cccc(NC(=O)C(N)COC)c2)n1.Cl. The summed E-state index contributed by atoms with van der Waals surface area (Å²) in [5, 5.41) is 2.72. The number of ether oxygens (including phenoxy) is 1. The molecular formula is C16H21ClN4O3. The molecule has 1 heterocycles. The van der Waals surface area contributed by atoms with E-state index >= 15 is 0 Å². The van der Waals surface area contributed by atoms with E-state index in [0.29, 0.717) is 29.2 Å². The van der Waals surface area contributed by atoms with Crippen LogP contribution in [-0.4, -0.2) is 35.6 Å². The van der Waals surface area contributed by atoms with Crippen LogP contribution in [-0.2, 0) is 16.0 Å². The van der Waals surface area contributed by atoms with Crippen molar-refractivity contribution in [1.82, 2.24) is 9.97 Å². The third-order valence-electron chi connectivity index (χ3n) is 3.24. The molecule has 0 saturated carbocycles. The van der Waals surface area contributed by atoms with E-state index in [9.17, 15) is 9.59 Å². The van der Waals surface area contributed by atoms with Crippen LogP contribution in [0.1, 0.15) is 12.6 Å². The van der Waals surface area contributed by atoms with E-state index in [1.54, 1.807) is 18.2 Å². The zero-order valence-corrected chi connectivity index (χ0v) is 14.4. The van der Waals surface area contributed by atoms with E-state index in [-0.39, 0.29) is 30.5 Å². The Morgan fingerprint density at radius 3 is 2.83 bits per heavy atom. The smallest absolute Gasteiger partial charge is 0.251 e. The molecule has 0 aliphatic rings. The first-order valence-electron chi connectivity index (χ1n) is 7.29. The minimum atomic E-state index is -0.745. The van der Waals surface area contributed by atoms with Gasteiger partial charge in [0.05, 0.1) is 6.61 Å². The quantitative estimate of drug-likeness (QED) is 0.726. The number of nitrogens with two attached hydrogens (primary N) is 1. The number of nitrogens with one attached hydrogen (secondary N) is 2. The van der Waals surface area contributed by atoms with Gasteiger partial charge in [0.1, 0.15) is 11.9 Å². The second-order valence-electron chi connectivity index (χ2n) is 5.07. The number of aromatic amines is 1. The molecule has 1 atom stereocenters. The maximum Gasteiger partial charge on any atom is 0.251 e. The zero-order valence-electron chi connectivity index (χ0n) is 13.5. The number of carbonyl (C=O) groups is 1. The van der Waals surface area contributed by atoms with Gasteiger partial charge < -0.3 is 20.8 Å². The molecular weight excluding hydrogens is 332 g/mol. The topological polar surface area (TPSA) is 110 Å². The Balaban J connectivity index is 0.00000288. The van der Waals surface area contributed by atoms with Gasteiger partial charge in [0, 0.05) is 30.1 Å². The Morgan fingerprint density at radius 1 is 1.42 bits per heavy atom. The molecule has 24 heavy (non-hydrogen) atoms. The molecule has 0 aliphatic carbocycles. The van der Waals surface area contributed by atoms with E-state index in [1.165, 1.54) is 13.2 Å². The van der Waals surface area contributed by atoms with Crippen LogP contribution in [0.3, 0.4) is 0 Å². The van der Waals surface area contributed by atoms with Gasteiger partial charge in [-0.05, 0) is 18.6 Å². The Labute approximate surface area is 146 Å². The van der Waals surface area contributed by atoms with Gasteiger partial charge in [0.2, 0.25) is 5.91 Å². The van der Waals surface area contributed by atoms with Crippen molar-refractivity contribution in [1.29, 1.82) is 0 Å². The molecule has 0 bridgehead atoms. The molecule has 1 aromatic heterocycles. The van der Waals surface area contributed by atoms with Crippen LogP contribution in [0.25, 0.3) is 11.4 Å². The number of amides is 1. The number of aromatic nitrogens is 2. The number of nitrogens with zero attached hydrogens (tertiary/aromatic N) is 1. The number of carbonyl (C=O) groups excluding carboxylic acids is 1. The van der Waals surface area contributed by atoms with E-state index in [4.69, 9.17) is 10.5 Å². The molecule has 7 nitrogen and oxygen atoms in total. The Bertz CT molecular complexity index is 748. The van der Waals surface area contributed by atoms with Crippen LogP contribution in [0.5, 0.6) is 0 Å². The predicted molar refractivity (Wildman–Crippen MR) is 95.4 cm³/mol. The molecule has 0 spiro atoms. The van der Waals surface area contributed by atoms with Gasteiger partial charge in [-0.1, -0.05) is 19.1 Å². The summed E-state index contributed by atoms with van der Waals surface area (Å²) in [4.78, 5) is 30.7. The highest BCUT2D eigenvalue weighted by atomic mass is 35.5. The molecule has 0 fully saturated rings. The van der Waals surface area contributed by atoms with Crippen LogP contribution in [0, 0.1) is 0 Å². The maximum atomic E-state index is 11.9. The summed E-state index contributed by atoms with van der Waals surface area (Å²) in [7, 11) is 1.48. The number of methoxy groups -OCH3 is 1. The minimum Gasteiger partial charge on any atom is -0.383 e. The molecule has 0 radical (unpaired) electrons. The number of anilines is 1. The molecule has 1 unspecified atom stereocenters. The lowest BCUT2D eigenvalue weighted by atomic mass is 10.1. The van der Waals surface area contributed by atoms with Crippen LogP contribution < -0.4 is 16.6 Å². The highest BCUT2D eigenvalue weighted by Crippen LogP contribution is 2.19. The van der Waals surface area contributed by atoms with Gasteiger partial charge in [-0.3, -0.25) is 9.59 Å². The molecule has 0 aliphatic heterocycles. The van der Waals surface area contributed by atoms with Gasteiger partial charge >= 0.3 is 0 Å². The number of rotatable bonds is 6. The summed E-state index contributed by atoms with van der Waals surface area (Å²) in [5.41, 5.74) is 7.47. The van der Waals surface area contributed by atoms with E-state index in [2.05, 4.69) is 15.3 Å². The number of hydrogen-bond acceptors (Lipinski definition) is 5. The van der Waals surface area contributed by atoms with Crippen molar-refractivity contribution in [3.05, 3.63) is 46.4 Å². The summed E-state index contributed by atoms with van der Waals surface area (Å²) < 4.78 is 4.86. The monoisotopic (exact) mass is 352 g/mol. The fraction of sp³-hybridized carbons (Fsp3) is 0.312. The van der Waals surface area contributed by atoms with Gasteiger partial charge in [0.25, 0.3) is 5.56 Å².